The second-order valence-electron chi connectivity index (χ2n) is 6.76. The number of hydrogen-bond donors (Lipinski definition) is 2. The molecule has 3 N–H and O–H groups in total. The lowest BCUT2D eigenvalue weighted by Crippen LogP contribution is -2.14. The van der Waals surface area contributed by atoms with E-state index < -0.39 is 0 Å². The van der Waals surface area contributed by atoms with E-state index in [0.717, 1.165) is 29.9 Å². The first-order chi connectivity index (χ1) is 12.5. The number of aromatic nitrogens is 2. The van der Waals surface area contributed by atoms with Crippen LogP contribution >= 0.6 is 0 Å². The van der Waals surface area contributed by atoms with Gasteiger partial charge < -0.3 is 11.1 Å². The van der Waals surface area contributed by atoms with Crippen LogP contribution in [-0.4, -0.2) is 9.97 Å². The predicted octanol–water partition coefficient (Wildman–Crippen LogP) is 4.63. The van der Waals surface area contributed by atoms with Crippen LogP contribution in [0.5, 0.6) is 0 Å². The van der Waals surface area contributed by atoms with E-state index in [0.29, 0.717) is 5.95 Å². The number of rotatable bonds is 6. The third-order valence-corrected chi connectivity index (χ3v) is 4.67. The maximum Gasteiger partial charge on any atom is 0.222 e. The smallest absolute Gasteiger partial charge is 0.222 e. The van der Waals surface area contributed by atoms with Crippen molar-refractivity contribution in [2.24, 2.45) is 0 Å². The Balaban J connectivity index is 1.81. The van der Waals surface area contributed by atoms with E-state index in [9.17, 15) is 0 Å². The van der Waals surface area contributed by atoms with Gasteiger partial charge in [0, 0.05) is 17.3 Å². The van der Waals surface area contributed by atoms with Gasteiger partial charge in [-0.15, -0.1) is 0 Å². The minimum absolute atomic E-state index is 0.142. The van der Waals surface area contributed by atoms with Crippen molar-refractivity contribution >= 4 is 11.8 Å². The standard InChI is InChI=1S/C22H26N4/c1-15-9-11-18(12-10-15)13-14-20-17(3)25-22(23)26-21(20)24-16(2)19-7-5-4-6-8-19/h4-12,16H,13-14H2,1-3H3,(H3,23,24,25,26)/t16-/m0/s1. The molecule has 134 valence electrons. The lowest BCUT2D eigenvalue weighted by atomic mass is 10.0. The van der Waals surface area contributed by atoms with Crippen molar-refractivity contribution in [3.63, 3.8) is 0 Å². The highest BCUT2D eigenvalue weighted by molar-refractivity contribution is 5.51. The highest BCUT2D eigenvalue weighted by Crippen LogP contribution is 2.24. The average Bonchev–Trinajstić information content (AvgIpc) is 2.63. The van der Waals surface area contributed by atoms with Crippen molar-refractivity contribution in [3.05, 3.63) is 82.5 Å². The molecule has 0 unspecified atom stereocenters. The molecule has 0 aliphatic rings. The zero-order valence-corrected chi connectivity index (χ0v) is 15.7. The zero-order chi connectivity index (χ0) is 18.5. The van der Waals surface area contributed by atoms with E-state index in [1.165, 1.54) is 16.7 Å². The van der Waals surface area contributed by atoms with E-state index in [4.69, 9.17) is 5.73 Å². The number of anilines is 2. The minimum atomic E-state index is 0.142. The van der Waals surface area contributed by atoms with Crippen LogP contribution < -0.4 is 11.1 Å². The third kappa shape index (κ3) is 4.39. The van der Waals surface area contributed by atoms with Crippen molar-refractivity contribution in [2.45, 2.75) is 39.7 Å². The summed E-state index contributed by atoms with van der Waals surface area (Å²) in [7, 11) is 0. The van der Waals surface area contributed by atoms with E-state index in [2.05, 4.69) is 65.5 Å². The van der Waals surface area contributed by atoms with E-state index in [-0.39, 0.29) is 6.04 Å². The Morgan fingerprint density at radius 1 is 0.923 bits per heavy atom. The fourth-order valence-corrected chi connectivity index (χ4v) is 3.09. The van der Waals surface area contributed by atoms with Crippen molar-refractivity contribution in [1.82, 2.24) is 9.97 Å². The summed E-state index contributed by atoms with van der Waals surface area (Å²) >= 11 is 0. The fourth-order valence-electron chi connectivity index (χ4n) is 3.09. The van der Waals surface area contributed by atoms with Crippen LogP contribution in [0.15, 0.2) is 54.6 Å². The van der Waals surface area contributed by atoms with Crippen LogP contribution in [0.1, 0.15) is 40.9 Å². The molecule has 3 aromatic rings. The molecule has 0 amide bonds. The first kappa shape index (κ1) is 17.9. The Morgan fingerprint density at radius 3 is 2.31 bits per heavy atom. The molecule has 0 aliphatic carbocycles. The van der Waals surface area contributed by atoms with Gasteiger partial charge in [-0.05, 0) is 44.7 Å². The molecule has 26 heavy (non-hydrogen) atoms. The Morgan fingerprint density at radius 2 is 1.62 bits per heavy atom. The molecule has 1 atom stereocenters. The molecule has 0 spiro atoms. The summed E-state index contributed by atoms with van der Waals surface area (Å²) in [6.45, 7) is 6.24. The van der Waals surface area contributed by atoms with Gasteiger partial charge in [0.25, 0.3) is 0 Å². The molecule has 0 bridgehead atoms. The minimum Gasteiger partial charge on any atom is -0.368 e. The number of nitrogens with one attached hydrogen (secondary N) is 1. The van der Waals surface area contributed by atoms with Crippen molar-refractivity contribution < 1.29 is 0 Å². The summed E-state index contributed by atoms with van der Waals surface area (Å²) in [6.07, 6.45) is 1.82. The summed E-state index contributed by atoms with van der Waals surface area (Å²) in [6, 6.07) is 19.2. The molecule has 0 saturated heterocycles. The summed E-state index contributed by atoms with van der Waals surface area (Å²) in [5, 5.41) is 3.52. The van der Waals surface area contributed by atoms with Crippen molar-refractivity contribution in [3.8, 4) is 0 Å². The molecular formula is C22H26N4. The summed E-state index contributed by atoms with van der Waals surface area (Å²) in [5.74, 6) is 1.14. The molecule has 2 aromatic carbocycles. The van der Waals surface area contributed by atoms with Crippen LogP contribution in [0, 0.1) is 13.8 Å². The molecule has 1 aromatic heterocycles. The lowest BCUT2D eigenvalue weighted by molar-refractivity contribution is 0.848. The number of nitrogens with two attached hydrogens (primary N) is 1. The number of aryl methyl sites for hydroxylation is 3. The first-order valence-corrected chi connectivity index (χ1v) is 9.03. The van der Waals surface area contributed by atoms with Gasteiger partial charge in [0.15, 0.2) is 0 Å². The maximum absolute atomic E-state index is 5.90. The Kier molecular flexibility index (Phi) is 5.52. The van der Waals surface area contributed by atoms with Crippen LogP contribution in [0.2, 0.25) is 0 Å². The second kappa shape index (κ2) is 8.00. The number of hydrogen-bond acceptors (Lipinski definition) is 4. The molecule has 0 fully saturated rings. The average molecular weight is 346 g/mol. The molecule has 3 rings (SSSR count). The van der Waals surface area contributed by atoms with Gasteiger partial charge in [-0.2, -0.15) is 4.98 Å². The molecule has 4 heteroatoms. The lowest BCUT2D eigenvalue weighted by Gasteiger charge is -2.19. The normalized spacial score (nSPS) is 12.0. The van der Waals surface area contributed by atoms with Crippen LogP contribution in [0.4, 0.5) is 11.8 Å². The van der Waals surface area contributed by atoms with E-state index >= 15 is 0 Å². The first-order valence-electron chi connectivity index (χ1n) is 9.03. The van der Waals surface area contributed by atoms with Crippen molar-refractivity contribution in [2.75, 3.05) is 11.1 Å². The monoisotopic (exact) mass is 346 g/mol. The largest absolute Gasteiger partial charge is 0.368 e. The van der Waals surface area contributed by atoms with Gasteiger partial charge in [0.2, 0.25) is 5.95 Å². The van der Waals surface area contributed by atoms with Crippen molar-refractivity contribution in [1.29, 1.82) is 0 Å². The van der Waals surface area contributed by atoms with Crippen LogP contribution in [0.25, 0.3) is 0 Å². The molecule has 0 saturated carbocycles. The van der Waals surface area contributed by atoms with Crippen LogP contribution in [0.3, 0.4) is 0 Å². The molecule has 4 nitrogen and oxygen atoms in total. The quantitative estimate of drug-likeness (QED) is 0.683. The highest BCUT2D eigenvalue weighted by Gasteiger charge is 2.14. The van der Waals surface area contributed by atoms with E-state index in [1.54, 1.807) is 0 Å². The Hall–Kier alpha value is -2.88. The second-order valence-corrected chi connectivity index (χ2v) is 6.76. The summed E-state index contributed by atoms with van der Waals surface area (Å²) in [5.41, 5.74) is 11.8. The SMILES string of the molecule is Cc1ccc(CCc2c(C)nc(N)nc2N[C@@H](C)c2ccccc2)cc1. The predicted molar refractivity (Wildman–Crippen MR) is 108 cm³/mol. The van der Waals surface area contributed by atoms with E-state index in [1.807, 2.05) is 25.1 Å². The number of nitrogen functional groups attached to an aromatic ring is 1. The van der Waals surface area contributed by atoms with Gasteiger partial charge in [-0.25, -0.2) is 4.98 Å². The van der Waals surface area contributed by atoms with Gasteiger partial charge in [-0.1, -0.05) is 60.2 Å². The van der Waals surface area contributed by atoms with Crippen LogP contribution in [-0.2, 0) is 12.8 Å². The third-order valence-electron chi connectivity index (χ3n) is 4.67. The molecule has 0 radical (unpaired) electrons. The van der Waals surface area contributed by atoms with Gasteiger partial charge >= 0.3 is 0 Å². The topological polar surface area (TPSA) is 63.8 Å². The summed E-state index contributed by atoms with van der Waals surface area (Å²) < 4.78 is 0. The maximum atomic E-state index is 5.90. The molecule has 0 aliphatic heterocycles. The summed E-state index contributed by atoms with van der Waals surface area (Å²) in [4.78, 5) is 8.85. The van der Waals surface area contributed by atoms with Gasteiger partial charge in [0.05, 0.1) is 0 Å². The number of benzene rings is 2. The molecule has 1 heterocycles. The molecular weight excluding hydrogens is 320 g/mol. The Bertz CT molecular complexity index is 857. The zero-order valence-electron chi connectivity index (χ0n) is 15.7. The highest BCUT2D eigenvalue weighted by atomic mass is 15.1. The Labute approximate surface area is 155 Å². The fraction of sp³-hybridized carbons (Fsp3) is 0.273. The van der Waals surface area contributed by atoms with Gasteiger partial charge in [-0.3, -0.25) is 0 Å². The number of nitrogens with zero attached hydrogens (tertiary/aromatic N) is 2. The van der Waals surface area contributed by atoms with Gasteiger partial charge in [0.1, 0.15) is 5.82 Å².